The maximum Gasteiger partial charge on any atom is 0.166 e. The van der Waals surface area contributed by atoms with Gasteiger partial charge >= 0.3 is 0 Å². The summed E-state index contributed by atoms with van der Waals surface area (Å²) in [5, 5.41) is 12.1. The van der Waals surface area contributed by atoms with E-state index in [0.717, 1.165) is 23.6 Å². The highest BCUT2D eigenvalue weighted by Crippen LogP contribution is 2.28. The molecule has 4 heterocycles. The Bertz CT molecular complexity index is 847. The maximum absolute atomic E-state index is 4.48. The van der Waals surface area contributed by atoms with Gasteiger partial charge in [-0.2, -0.15) is 9.61 Å². The van der Waals surface area contributed by atoms with Crippen LogP contribution in [0.4, 0.5) is 5.82 Å². The van der Waals surface area contributed by atoms with Crippen LogP contribution in [0.1, 0.15) is 4.88 Å². The van der Waals surface area contributed by atoms with Gasteiger partial charge in [0.05, 0.1) is 18.3 Å². The Morgan fingerprint density at radius 1 is 1.10 bits per heavy atom. The molecule has 0 spiro atoms. The van der Waals surface area contributed by atoms with E-state index >= 15 is 0 Å². The topological polar surface area (TPSA) is 42.2 Å². The summed E-state index contributed by atoms with van der Waals surface area (Å²) >= 11 is 3.45. The zero-order valence-electron chi connectivity index (χ0n) is 11.1. The minimum absolute atomic E-state index is 0.797. The molecule has 4 aromatic rings. The van der Waals surface area contributed by atoms with Gasteiger partial charge in [-0.3, -0.25) is 0 Å². The predicted molar refractivity (Wildman–Crippen MR) is 87.9 cm³/mol. The van der Waals surface area contributed by atoms with E-state index in [4.69, 9.17) is 0 Å². The molecule has 0 bridgehead atoms. The van der Waals surface area contributed by atoms with Gasteiger partial charge in [0, 0.05) is 16.0 Å². The molecule has 104 valence electrons. The van der Waals surface area contributed by atoms with Crippen LogP contribution in [0.3, 0.4) is 0 Å². The minimum atomic E-state index is 0.797. The summed E-state index contributed by atoms with van der Waals surface area (Å²) in [6, 6.07) is 10.3. The van der Waals surface area contributed by atoms with Crippen LogP contribution in [0.5, 0.6) is 0 Å². The first kappa shape index (κ1) is 12.6. The molecule has 0 aliphatic rings. The number of rotatable bonds is 4. The van der Waals surface area contributed by atoms with Crippen LogP contribution in [0, 0.1) is 0 Å². The Labute approximate surface area is 129 Å². The molecular weight excluding hydrogens is 300 g/mol. The molecule has 0 radical (unpaired) electrons. The number of thiophene rings is 2. The van der Waals surface area contributed by atoms with E-state index in [9.17, 15) is 0 Å². The molecule has 21 heavy (non-hydrogen) atoms. The van der Waals surface area contributed by atoms with Crippen molar-refractivity contribution in [2.24, 2.45) is 0 Å². The Kier molecular flexibility index (Phi) is 3.17. The van der Waals surface area contributed by atoms with E-state index in [2.05, 4.69) is 44.4 Å². The van der Waals surface area contributed by atoms with E-state index in [1.165, 1.54) is 9.75 Å². The van der Waals surface area contributed by atoms with Crippen molar-refractivity contribution in [3.63, 3.8) is 0 Å². The number of anilines is 1. The molecule has 1 N–H and O–H groups in total. The van der Waals surface area contributed by atoms with Crippen molar-refractivity contribution in [1.82, 2.24) is 14.6 Å². The minimum Gasteiger partial charge on any atom is -0.365 e. The predicted octanol–water partition coefficient (Wildman–Crippen LogP) is 4.13. The quantitative estimate of drug-likeness (QED) is 0.616. The molecule has 4 nitrogen and oxygen atoms in total. The third-order valence-corrected chi connectivity index (χ3v) is 4.99. The Balaban J connectivity index is 1.70. The lowest BCUT2D eigenvalue weighted by Crippen LogP contribution is -2.04. The van der Waals surface area contributed by atoms with E-state index in [1.807, 2.05) is 29.0 Å². The molecule has 4 rings (SSSR count). The highest BCUT2D eigenvalue weighted by atomic mass is 32.1. The zero-order valence-corrected chi connectivity index (χ0v) is 12.7. The van der Waals surface area contributed by atoms with E-state index in [0.29, 0.717) is 0 Å². The first-order valence-corrected chi connectivity index (χ1v) is 8.30. The van der Waals surface area contributed by atoms with Gasteiger partial charge in [0.2, 0.25) is 0 Å². The highest BCUT2D eigenvalue weighted by Gasteiger charge is 2.11. The normalized spacial score (nSPS) is 11.0. The lowest BCUT2D eigenvalue weighted by molar-refractivity contribution is 0.928. The first-order valence-electron chi connectivity index (χ1n) is 6.55. The van der Waals surface area contributed by atoms with Crippen molar-refractivity contribution < 1.29 is 0 Å². The standard InChI is InChI=1S/C15H12N4S2/c1-3-11(20-7-1)9-17-14-5-6-16-15-12(10-18-19(14)15)13-4-2-8-21-13/h1-8,10,17H,9H2. The van der Waals surface area contributed by atoms with E-state index < -0.39 is 0 Å². The second kappa shape index (κ2) is 5.31. The van der Waals surface area contributed by atoms with Crippen LogP contribution < -0.4 is 5.32 Å². The molecule has 0 fully saturated rings. The van der Waals surface area contributed by atoms with Gasteiger partial charge in [0.25, 0.3) is 0 Å². The summed E-state index contributed by atoms with van der Waals surface area (Å²) in [6.07, 6.45) is 3.70. The van der Waals surface area contributed by atoms with Crippen molar-refractivity contribution in [3.8, 4) is 10.4 Å². The molecule has 0 unspecified atom stereocenters. The van der Waals surface area contributed by atoms with E-state index in [-0.39, 0.29) is 0 Å². The monoisotopic (exact) mass is 312 g/mol. The van der Waals surface area contributed by atoms with Crippen molar-refractivity contribution in [2.75, 3.05) is 5.32 Å². The Hall–Kier alpha value is -2.18. The molecule has 0 amide bonds. The summed E-state index contributed by atoms with van der Waals surface area (Å²) in [5.41, 5.74) is 1.96. The number of hydrogen-bond donors (Lipinski definition) is 1. The van der Waals surface area contributed by atoms with Crippen molar-refractivity contribution in [3.05, 3.63) is 58.4 Å². The Morgan fingerprint density at radius 2 is 2.00 bits per heavy atom. The fraction of sp³-hybridized carbons (Fsp3) is 0.0667. The number of aromatic nitrogens is 3. The van der Waals surface area contributed by atoms with Crippen LogP contribution in [0.15, 0.2) is 53.5 Å². The average molecular weight is 312 g/mol. The summed E-state index contributed by atoms with van der Waals surface area (Å²) in [4.78, 5) is 6.96. The third kappa shape index (κ3) is 2.32. The maximum atomic E-state index is 4.48. The highest BCUT2D eigenvalue weighted by molar-refractivity contribution is 7.13. The largest absolute Gasteiger partial charge is 0.365 e. The molecule has 0 saturated carbocycles. The molecule has 0 saturated heterocycles. The van der Waals surface area contributed by atoms with Crippen LogP contribution in [-0.2, 0) is 6.54 Å². The smallest absolute Gasteiger partial charge is 0.166 e. The number of nitrogens with zero attached hydrogens (tertiary/aromatic N) is 3. The molecular formula is C15H12N4S2. The fourth-order valence-electron chi connectivity index (χ4n) is 2.22. The second-order valence-electron chi connectivity index (χ2n) is 4.53. The van der Waals surface area contributed by atoms with Crippen LogP contribution in [-0.4, -0.2) is 14.6 Å². The molecule has 0 atom stereocenters. The van der Waals surface area contributed by atoms with Crippen molar-refractivity contribution in [2.45, 2.75) is 6.54 Å². The van der Waals surface area contributed by atoms with Gasteiger partial charge in [-0.1, -0.05) is 12.1 Å². The number of fused-ring (bicyclic) bond motifs is 1. The first-order chi connectivity index (χ1) is 10.4. The second-order valence-corrected chi connectivity index (χ2v) is 6.51. The zero-order chi connectivity index (χ0) is 14.1. The lowest BCUT2D eigenvalue weighted by Gasteiger charge is -2.06. The van der Waals surface area contributed by atoms with Gasteiger partial charge in [-0.05, 0) is 29.0 Å². The lowest BCUT2D eigenvalue weighted by atomic mass is 10.3. The van der Waals surface area contributed by atoms with Gasteiger partial charge in [-0.15, -0.1) is 22.7 Å². The molecule has 6 heteroatoms. The van der Waals surface area contributed by atoms with Gasteiger partial charge in [0.1, 0.15) is 5.82 Å². The molecule has 4 aromatic heterocycles. The average Bonchev–Trinajstić information content (AvgIpc) is 3.24. The third-order valence-electron chi connectivity index (χ3n) is 3.21. The SMILES string of the molecule is c1csc(CNc2ccnc3c(-c4cccs4)cnn23)c1. The molecule has 0 aromatic carbocycles. The molecule has 0 aliphatic heterocycles. The fourth-order valence-corrected chi connectivity index (χ4v) is 3.60. The van der Waals surface area contributed by atoms with Crippen molar-refractivity contribution in [1.29, 1.82) is 0 Å². The summed E-state index contributed by atoms with van der Waals surface area (Å²) in [6.45, 7) is 0.797. The van der Waals surface area contributed by atoms with Crippen molar-refractivity contribution >= 4 is 34.1 Å². The van der Waals surface area contributed by atoms with Gasteiger partial charge in [0.15, 0.2) is 5.65 Å². The van der Waals surface area contributed by atoms with Crippen LogP contribution >= 0.6 is 22.7 Å². The van der Waals surface area contributed by atoms with Gasteiger partial charge in [-0.25, -0.2) is 4.98 Å². The van der Waals surface area contributed by atoms with Gasteiger partial charge < -0.3 is 5.32 Å². The number of nitrogens with one attached hydrogen (secondary N) is 1. The van der Waals surface area contributed by atoms with E-state index in [1.54, 1.807) is 22.7 Å². The van der Waals surface area contributed by atoms with Crippen LogP contribution in [0.2, 0.25) is 0 Å². The summed E-state index contributed by atoms with van der Waals surface area (Å²) < 4.78 is 1.86. The summed E-state index contributed by atoms with van der Waals surface area (Å²) in [7, 11) is 0. The molecule has 0 aliphatic carbocycles. The number of hydrogen-bond acceptors (Lipinski definition) is 5. The Morgan fingerprint density at radius 3 is 2.81 bits per heavy atom. The summed E-state index contributed by atoms with van der Waals surface area (Å²) in [5.74, 6) is 0.955. The van der Waals surface area contributed by atoms with Crippen LogP contribution in [0.25, 0.3) is 16.1 Å².